The summed E-state index contributed by atoms with van der Waals surface area (Å²) in [5.74, 6) is -1.74. The van der Waals surface area contributed by atoms with Gasteiger partial charge in [0, 0.05) is 29.1 Å². The number of nitrogen functional groups attached to an aromatic ring is 1. The number of carboxylic acids is 1. The number of alkyl halides is 3. The summed E-state index contributed by atoms with van der Waals surface area (Å²) in [6.45, 7) is 1.83. The zero-order chi connectivity index (χ0) is 27.4. The Morgan fingerprint density at radius 2 is 1.63 bits per heavy atom. The Kier molecular flexibility index (Phi) is 7.58. The van der Waals surface area contributed by atoms with Gasteiger partial charge in [0.05, 0.1) is 5.69 Å². The fraction of sp³-hybridized carbons (Fsp3) is 0.185. The number of hydrogen-bond acceptors (Lipinski definition) is 7. The third kappa shape index (κ3) is 6.43. The number of benzene rings is 2. The predicted molar refractivity (Wildman–Crippen MR) is 135 cm³/mol. The second-order valence-electron chi connectivity index (χ2n) is 8.64. The van der Waals surface area contributed by atoms with E-state index in [1.165, 1.54) is 18.2 Å². The van der Waals surface area contributed by atoms with Gasteiger partial charge in [-0.15, -0.1) is 0 Å². The Morgan fingerprint density at radius 1 is 0.974 bits per heavy atom. The van der Waals surface area contributed by atoms with Crippen LogP contribution in [-0.2, 0) is 11.2 Å². The number of pyridine rings is 1. The van der Waals surface area contributed by atoms with Gasteiger partial charge < -0.3 is 21.3 Å². The van der Waals surface area contributed by atoms with Gasteiger partial charge in [-0.25, -0.2) is 4.98 Å². The van der Waals surface area contributed by atoms with Crippen LogP contribution in [-0.4, -0.2) is 38.2 Å². The molecule has 0 fully saturated rings. The van der Waals surface area contributed by atoms with E-state index in [1.54, 1.807) is 48.7 Å². The molecule has 0 aliphatic rings. The van der Waals surface area contributed by atoms with E-state index in [-0.39, 0.29) is 29.5 Å². The van der Waals surface area contributed by atoms with E-state index in [1.807, 2.05) is 13.0 Å². The number of carboxylic acid groups (broad SMARTS) is 1. The number of anilines is 1. The molecule has 0 saturated carbocycles. The van der Waals surface area contributed by atoms with Crippen molar-refractivity contribution in [2.24, 2.45) is 5.73 Å². The van der Waals surface area contributed by atoms with Crippen LogP contribution in [0.4, 0.5) is 19.1 Å². The maximum absolute atomic E-state index is 14.0. The molecular formula is C27H24F3N5O3. The largest absolute Gasteiger partial charge is 0.480 e. The second kappa shape index (κ2) is 10.9. The van der Waals surface area contributed by atoms with E-state index >= 15 is 0 Å². The summed E-state index contributed by atoms with van der Waals surface area (Å²) in [5.41, 5.74) is 15.0. The summed E-state index contributed by atoms with van der Waals surface area (Å²) in [4.78, 5) is 23.0. The lowest BCUT2D eigenvalue weighted by atomic mass is 10.0. The lowest BCUT2D eigenvalue weighted by molar-refractivity contribution is -0.198. The minimum Gasteiger partial charge on any atom is -0.480 e. The number of halogens is 3. The number of rotatable bonds is 8. The van der Waals surface area contributed by atoms with Crippen molar-refractivity contribution in [1.29, 1.82) is 0 Å². The van der Waals surface area contributed by atoms with Gasteiger partial charge in [0.15, 0.2) is 0 Å². The molecule has 0 bridgehead atoms. The van der Waals surface area contributed by atoms with Crippen molar-refractivity contribution < 1.29 is 27.8 Å². The lowest BCUT2D eigenvalue weighted by Crippen LogP contribution is -2.32. The number of aryl methyl sites for hydroxylation is 1. The van der Waals surface area contributed by atoms with Gasteiger partial charge in [0.2, 0.25) is 17.9 Å². The highest BCUT2D eigenvalue weighted by atomic mass is 19.4. The van der Waals surface area contributed by atoms with Crippen LogP contribution in [0.1, 0.15) is 22.9 Å². The highest BCUT2D eigenvalue weighted by molar-refractivity contribution is 5.73. The standard InChI is InChI=1S/C27H24F3N5O3/c1-15-12-20(10-11-33-15)17-6-8-19(9-7-17)24(27(28,29)30)38-23-14-22(34-26(32)35-23)18-4-2-16(3-5-18)13-21(31)25(36)37/h2-12,14,21,24H,13,31H2,1H3,(H,36,37)(H2,32,34,35)/t21?,24-/m1/s1. The average Bonchev–Trinajstić information content (AvgIpc) is 2.87. The molecule has 4 rings (SSSR count). The van der Waals surface area contributed by atoms with Crippen LogP contribution < -0.4 is 16.2 Å². The van der Waals surface area contributed by atoms with Gasteiger partial charge in [-0.1, -0.05) is 48.5 Å². The Bertz CT molecular complexity index is 1430. The number of aromatic nitrogens is 3. The average molecular weight is 524 g/mol. The Morgan fingerprint density at radius 3 is 2.24 bits per heavy atom. The molecule has 196 valence electrons. The topological polar surface area (TPSA) is 137 Å². The number of aliphatic carboxylic acids is 1. The minimum absolute atomic E-state index is 0.107. The van der Waals surface area contributed by atoms with Gasteiger partial charge in [-0.3, -0.25) is 9.78 Å². The SMILES string of the molecule is Cc1cc(-c2ccc([C@@H](Oc3cc(-c4ccc(CC(N)C(=O)O)cc4)nc(N)n3)C(F)(F)F)cc2)ccn1. The van der Waals surface area contributed by atoms with E-state index in [0.717, 1.165) is 16.8 Å². The second-order valence-corrected chi connectivity index (χ2v) is 8.64. The molecule has 8 nitrogen and oxygen atoms in total. The molecule has 0 spiro atoms. The number of ether oxygens (including phenoxy) is 1. The number of nitrogens with zero attached hydrogens (tertiary/aromatic N) is 3. The van der Waals surface area contributed by atoms with Crippen molar-refractivity contribution in [1.82, 2.24) is 15.0 Å². The van der Waals surface area contributed by atoms with Gasteiger partial charge in [-0.05, 0) is 42.2 Å². The third-order valence-corrected chi connectivity index (χ3v) is 5.72. The van der Waals surface area contributed by atoms with Crippen molar-refractivity contribution in [3.63, 3.8) is 0 Å². The Labute approximate surface area is 216 Å². The number of hydrogen-bond donors (Lipinski definition) is 3. The highest BCUT2D eigenvalue weighted by Gasteiger charge is 2.43. The van der Waals surface area contributed by atoms with Crippen LogP contribution >= 0.6 is 0 Å². The van der Waals surface area contributed by atoms with E-state index in [9.17, 15) is 18.0 Å². The van der Waals surface area contributed by atoms with Crippen molar-refractivity contribution in [2.45, 2.75) is 31.7 Å². The predicted octanol–water partition coefficient (Wildman–Crippen LogP) is 4.73. The molecule has 0 amide bonds. The van der Waals surface area contributed by atoms with E-state index < -0.39 is 24.3 Å². The van der Waals surface area contributed by atoms with Crippen LogP contribution in [0.2, 0.25) is 0 Å². The molecule has 0 radical (unpaired) electrons. The quantitative estimate of drug-likeness (QED) is 0.301. The summed E-state index contributed by atoms with van der Waals surface area (Å²) in [6.07, 6.45) is -5.28. The molecule has 2 aromatic heterocycles. The first kappa shape index (κ1) is 26.6. The van der Waals surface area contributed by atoms with Gasteiger partial charge in [0.1, 0.15) is 6.04 Å². The van der Waals surface area contributed by atoms with E-state index in [0.29, 0.717) is 11.1 Å². The van der Waals surface area contributed by atoms with E-state index in [4.69, 9.17) is 21.3 Å². The zero-order valence-electron chi connectivity index (χ0n) is 20.2. The van der Waals surface area contributed by atoms with Gasteiger partial charge >= 0.3 is 12.1 Å². The molecular weight excluding hydrogens is 499 g/mol. The molecule has 1 unspecified atom stereocenters. The molecule has 0 saturated heterocycles. The van der Waals surface area contributed by atoms with Crippen molar-refractivity contribution >= 4 is 11.9 Å². The Hall–Kier alpha value is -4.51. The normalized spacial score (nSPS) is 13.1. The molecule has 38 heavy (non-hydrogen) atoms. The van der Waals surface area contributed by atoms with Gasteiger partial charge in [0.25, 0.3) is 0 Å². The molecule has 5 N–H and O–H groups in total. The maximum atomic E-state index is 14.0. The fourth-order valence-electron chi connectivity index (χ4n) is 3.82. The van der Waals surface area contributed by atoms with Crippen LogP contribution in [0, 0.1) is 6.92 Å². The summed E-state index contributed by atoms with van der Waals surface area (Å²) >= 11 is 0. The first-order valence-electron chi connectivity index (χ1n) is 11.5. The zero-order valence-corrected chi connectivity index (χ0v) is 20.2. The van der Waals surface area contributed by atoms with Crippen molar-refractivity contribution in [2.75, 3.05) is 5.73 Å². The molecule has 4 aromatic rings. The van der Waals surface area contributed by atoms with Crippen molar-refractivity contribution in [3.8, 4) is 28.3 Å². The maximum Gasteiger partial charge on any atom is 0.429 e. The highest BCUT2D eigenvalue weighted by Crippen LogP contribution is 2.38. The minimum atomic E-state index is -4.74. The van der Waals surface area contributed by atoms with Crippen LogP contribution in [0.25, 0.3) is 22.4 Å². The summed E-state index contributed by atoms with van der Waals surface area (Å²) in [7, 11) is 0. The third-order valence-electron chi connectivity index (χ3n) is 5.72. The molecule has 11 heteroatoms. The van der Waals surface area contributed by atoms with Crippen molar-refractivity contribution in [3.05, 3.63) is 89.7 Å². The Balaban J connectivity index is 1.58. The first-order chi connectivity index (χ1) is 18.0. The lowest BCUT2D eigenvalue weighted by Gasteiger charge is -2.22. The van der Waals surface area contributed by atoms with Crippen LogP contribution in [0.15, 0.2) is 72.9 Å². The molecule has 2 atom stereocenters. The molecule has 0 aliphatic carbocycles. The molecule has 2 heterocycles. The molecule has 0 aliphatic heterocycles. The van der Waals surface area contributed by atoms with Gasteiger partial charge in [-0.2, -0.15) is 18.2 Å². The fourth-order valence-corrected chi connectivity index (χ4v) is 3.82. The smallest absolute Gasteiger partial charge is 0.429 e. The summed E-state index contributed by atoms with van der Waals surface area (Å²) in [5, 5.41) is 8.97. The molecule has 2 aromatic carbocycles. The number of carbonyl (C=O) groups is 1. The van der Waals surface area contributed by atoms with Crippen LogP contribution in [0.5, 0.6) is 5.88 Å². The first-order valence-corrected chi connectivity index (χ1v) is 11.5. The number of nitrogens with two attached hydrogens (primary N) is 2. The van der Waals surface area contributed by atoms with Crippen LogP contribution in [0.3, 0.4) is 0 Å². The summed E-state index contributed by atoms with van der Waals surface area (Å²) < 4.78 is 47.4. The monoisotopic (exact) mass is 523 g/mol. The van der Waals surface area contributed by atoms with E-state index in [2.05, 4.69) is 15.0 Å². The summed E-state index contributed by atoms with van der Waals surface area (Å²) in [6, 6.07) is 16.3.